The summed E-state index contributed by atoms with van der Waals surface area (Å²) in [4.78, 5) is 0. The number of aromatic nitrogens is 2. The van der Waals surface area contributed by atoms with Crippen LogP contribution in [0.25, 0.3) is 0 Å². The summed E-state index contributed by atoms with van der Waals surface area (Å²) in [7, 11) is 1.89. The van der Waals surface area contributed by atoms with Crippen LogP contribution in [0.5, 0.6) is 0 Å². The lowest BCUT2D eigenvalue weighted by molar-refractivity contribution is 0.731. The predicted molar refractivity (Wildman–Crippen MR) is 47.3 cm³/mol. The molecule has 1 rings (SSSR count). The first-order valence-corrected chi connectivity index (χ1v) is 3.13. The highest BCUT2D eigenvalue weighted by molar-refractivity contribution is 5.39. The number of hydrogen-bond acceptors (Lipinski definition) is 1. The fourth-order valence-corrected chi connectivity index (χ4v) is 0.982. The molecule has 0 aliphatic carbocycles. The Labute approximate surface area is 68.2 Å². The maximum atomic E-state index is 5.26. The first kappa shape index (κ1) is 9.77. The smallest absolute Gasteiger partial charge is 0.0752 e. The molecule has 1 aromatic heterocycles. The van der Waals surface area contributed by atoms with Gasteiger partial charge >= 0.3 is 0 Å². The van der Waals surface area contributed by atoms with E-state index in [2.05, 4.69) is 11.0 Å². The maximum Gasteiger partial charge on any atom is 0.0752 e. The number of nitrogens with zero attached hydrogens (tertiary/aromatic N) is 2. The average molecular weight is 150 g/mol. The highest BCUT2D eigenvalue weighted by Gasteiger charge is 2.04. The van der Waals surface area contributed by atoms with Crippen LogP contribution < -0.4 is 0 Å². The Morgan fingerprint density at radius 3 is 2.18 bits per heavy atom. The van der Waals surface area contributed by atoms with E-state index in [0.29, 0.717) is 0 Å². The van der Waals surface area contributed by atoms with E-state index in [1.165, 1.54) is 0 Å². The Bertz CT molecular complexity index is 289. The van der Waals surface area contributed by atoms with Crippen molar-refractivity contribution in [3.63, 3.8) is 0 Å². The lowest BCUT2D eigenvalue weighted by Crippen LogP contribution is -1.92. The molecule has 0 saturated carbocycles. The van der Waals surface area contributed by atoms with Crippen molar-refractivity contribution in [3.05, 3.63) is 17.0 Å². The van der Waals surface area contributed by atoms with E-state index in [9.17, 15) is 0 Å². The molecule has 2 nitrogen and oxygen atoms in total. The fourth-order valence-electron chi connectivity index (χ4n) is 0.982. The van der Waals surface area contributed by atoms with Crippen molar-refractivity contribution in [3.8, 4) is 12.3 Å². The number of rotatable bonds is 0. The zero-order valence-electron chi connectivity index (χ0n) is 6.47. The summed E-state index contributed by atoms with van der Waals surface area (Å²) in [5.74, 6) is 2.60. The fraction of sp³-hybridized carbons (Fsp3) is 0.444. The largest absolute Gasteiger partial charge is 0.271 e. The van der Waals surface area contributed by atoms with Crippen LogP contribution in [-0.4, -0.2) is 9.78 Å². The first-order valence-electron chi connectivity index (χ1n) is 3.13. The zero-order valence-corrected chi connectivity index (χ0v) is 6.47. The van der Waals surface area contributed by atoms with Gasteiger partial charge in [-0.2, -0.15) is 5.10 Å². The Morgan fingerprint density at radius 1 is 1.45 bits per heavy atom. The summed E-state index contributed by atoms with van der Waals surface area (Å²) < 4.78 is 1.80. The van der Waals surface area contributed by atoms with Gasteiger partial charge in [0.15, 0.2) is 0 Å². The Kier molecular flexibility index (Phi) is 2.88. The number of aryl methyl sites for hydroxylation is 2. The minimum atomic E-state index is 0. The molecule has 0 fully saturated rings. The van der Waals surface area contributed by atoms with Crippen molar-refractivity contribution in [1.29, 1.82) is 0 Å². The molecule has 60 valence electrons. The van der Waals surface area contributed by atoms with E-state index in [4.69, 9.17) is 6.42 Å². The van der Waals surface area contributed by atoms with Crippen LogP contribution in [0.2, 0.25) is 0 Å². The lowest BCUT2D eigenvalue weighted by atomic mass is 10.2. The third-order valence-electron chi connectivity index (χ3n) is 1.65. The van der Waals surface area contributed by atoms with Crippen molar-refractivity contribution < 1.29 is 0 Å². The van der Waals surface area contributed by atoms with Crippen LogP contribution in [0.1, 0.15) is 24.4 Å². The Balaban J connectivity index is 0.000001000. The summed E-state index contributed by atoms with van der Waals surface area (Å²) in [6.07, 6.45) is 5.26. The van der Waals surface area contributed by atoms with Crippen LogP contribution in [0, 0.1) is 26.2 Å². The van der Waals surface area contributed by atoms with Gasteiger partial charge in [0.05, 0.1) is 17.0 Å². The van der Waals surface area contributed by atoms with E-state index in [1.54, 1.807) is 4.68 Å². The van der Waals surface area contributed by atoms with Gasteiger partial charge in [-0.05, 0) is 13.8 Å². The molecule has 0 amide bonds. The van der Waals surface area contributed by atoms with Gasteiger partial charge in [0.25, 0.3) is 0 Å². The van der Waals surface area contributed by atoms with Gasteiger partial charge in [-0.15, -0.1) is 6.42 Å². The first-order chi connectivity index (χ1) is 4.66. The molecule has 0 saturated heterocycles. The van der Waals surface area contributed by atoms with Gasteiger partial charge in [0, 0.05) is 7.05 Å². The van der Waals surface area contributed by atoms with E-state index >= 15 is 0 Å². The highest BCUT2D eigenvalue weighted by atomic mass is 15.3. The second-order valence-electron chi connectivity index (χ2n) is 2.31. The third-order valence-corrected chi connectivity index (χ3v) is 1.65. The highest BCUT2D eigenvalue weighted by Crippen LogP contribution is 2.08. The van der Waals surface area contributed by atoms with Crippen molar-refractivity contribution in [2.45, 2.75) is 21.3 Å². The third kappa shape index (κ3) is 1.43. The van der Waals surface area contributed by atoms with Crippen LogP contribution in [0.3, 0.4) is 0 Å². The topological polar surface area (TPSA) is 17.8 Å². The van der Waals surface area contributed by atoms with Gasteiger partial charge in [0.2, 0.25) is 0 Å². The molecule has 0 atom stereocenters. The van der Waals surface area contributed by atoms with Gasteiger partial charge < -0.3 is 0 Å². The summed E-state index contributed by atoms with van der Waals surface area (Å²) in [5, 5.41) is 4.16. The van der Waals surface area contributed by atoms with E-state index < -0.39 is 0 Å². The predicted octanol–water partition coefficient (Wildman–Crippen LogP) is 1.65. The van der Waals surface area contributed by atoms with Gasteiger partial charge in [-0.25, -0.2) is 0 Å². The minimum Gasteiger partial charge on any atom is -0.271 e. The van der Waals surface area contributed by atoms with Crippen LogP contribution in [-0.2, 0) is 7.05 Å². The summed E-state index contributed by atoms with van der Waals surface area (Å²) in [5.41, 5.74) is 2.91. The van der Waals surface area contributed by atoms with E-state index in [0.717, 1.165) is 17.0 Å². The molecule has 0 aliphatic rings. The second kappa shape index (κ2) is 3.25. The number of hydrogen-bond donors (Lipinski definition) is 0. The molecule has 0 unspecified atom stereocenters. The maximum absolute atomic E-state index is 5.26. The number of terminal acetylenes is 1. The van der Waals surface area contributed by atoms with Crippen LogP contribution in [0.4, 0.5) is 0 Å². The van der Waals surface area contributed by atoms with Crippen molar-refractivity contribution >= 4 is 0 Å². The molecule has 2 heteroatoms. The van der Waals surface area contributed by atoms with Gasteiger partial charge in [-0.1, -0.05) is 13.3 Å². The van der Waals surface area contributed by atoms with Gasteiger partial charge in [0.1, 0.15) is 0 Å². The normalized spacial score (nSPS) is 8.55. The van der Waals surface area contributed by atoms with Gasteiger partial charge in [-0.3, -0.25) is 4.68 Å². The Hall–Kier alpha value is -1.23. The Morgan fingerprint density at radius 2 is 2.00 bits per heavy atom. The van der Waals surface area contributed by atoms with Crippen LogP contribution >= 0.6 is 0 Å². The lowest BCUT2D eigenvalue weighted by Gasteiger charge is -1.90. The standard InChI is InChI=1S/C8H10N2.CH4/c1-5-8-6(2)9-10(4)7(8)3;/h1H,2-4H3;1H4. The van der Waals surface area contributed by atoms with E-state index in [-0.39, 0.29) is 7.43 Å². The molecule has 0 bridgehead atoms. The summed E-state index contributed by atoms with van der Waals surface area (Å²) >= 11 is 0. The summed E-state index contributed by atoms with van der Waals surface area (Å²) in [6, 6.07) is 0. The average Bonchev–Trinajstić information content (AvgIpc) is 2.09. The van der Waals surface area contributed by atoms with Crippen molar-refractivity contribution in [1.82, 2.24) is 9.78 Å². The van der Waals surface area contributed by atoms with Crippen molar-refractivity contribution in [2.75, 3.05) is 0 Å². The molecule has 0 aliphatic heterocycles. The molecule has 11 heavy (non-hydrogen) atoms. The molecule has 0 radical (unpaired) electrons. The van der Waals surface area contributed by atoms with Crippen LogP contribution in [0.15, 0.2) is 0 Å². The molecule has 0 N–H and O–H groups in total. The molecular formula is C9H14N2. The molecule has 0 spiro atoms. The second-order valence-corrected chi connectivity index (χ2v) is 2.31. The minimum absolute atomic E-state index is 0. The molecule has 1 aromatic rings. The monoisotopic (exact) mass is 150 g/mol. The summed E-state index contributed by atoms with van der Waals surface area (Å²) in [6.45, 7) is 3.89. The molecule has 0 aromatic carbocycles. The quantitative estimate of drug-likeness (QED) is 0.514. The van der Waals surface area contributed by atoms with E-state index in [1.807, 2.05) is 20.9 Å². The SMILES string of the molecule is C.C#Cc1c(C)nn(C)c1C. The van der Waals surface area contributed by atoms with Crippen molar-refractivity contribution in [2.24, 2.45) is 7.05 Å². The molecular weight excluding hydrogens is 136 g/mol. The zero-order chi connectivity index (χ0) is 7.72. The molecule has 1 heterocycles.